The Balaban J connectivity index is 2.28. The molecule has 0 atom stereocenters. The number of aryl methyl sites for hydroxylation is 3. The van der Waals surface area contributed by atoms with Gasteiger partial charge in [-0.1, -0.05) is 29.8 Å². The minimum atomic E-state index is -4.62. The number of sulfonamides is 1. The van der Waals surface area contributed by atoms with Gasteiger partial charge in [0, 0.05) is 5.56 Å². The zero-order chi connectivity index (χ0) is 20.9. The number of halogens is 3. The van der Waals surface area contributed by atoms with Crippen molar-refractivity contribution >= 4 is 10.0 Å². The molecule has 0 saturated carbocycles. The van der Waals surface area contributed by atoms with Crippen molar-refractivity contribution in [3.05, 3.63) is 64.8 Å². The minimum Gasteiger partial charge on any atom is -0.232 e. The molecule has 2 N–H and O–H groups in total. The predicted octanol–water partition coefficient (Wildman–Crippen LogP) is 4.13. The van der Waals surface area contributed by atoms with Gasteiger partial charge in [0.2, 0.25) is 10.0 Å². The SMILES string of the molecule is Cc1ccc(-c2cc(C(F)(F)F)nn2-c2cc(C)c(S(N)(=O)=O)cc2C)cc1. The molecule has 0 saturated heterocycles. The third kappa shape index (κ3) is 3.81. The topological polar surface area (TPSA) is 78.0 Å². The third-order valence-electron chi connectivity index (χ3n) is 4.38. The monoisotopic (exact) mass is 409 g/mol. The highest BCUT2D eigenvalue weighted by molar-refractivity contribution is 7.89. The van der Waals surface area contributed by atoms with Gasteiger partial charge in [-0.3, -0.25) is 0 Å². The van der Waals surface area contributed by atoms with E-state index in [-0.39, 0.29) is 10.6 Å². The van der Waals surface area contributed by atoms with Gasteiger partial charge in [0.05, 0.1) is 16.3 Å². The van der Waals surface area contributed by atoms with Gasteiger partial charge in [-0.15, -0.1) is 0 Å². The first-order valence-corrected chi connectivity index (χ1v) is 9.81. The number of primary sulfonamides is 1. The first kappa shape index (κ1) is 20.1. The smallest absolute Gasteiger partial charge is 0.232 e. The van der Waals surface area contributed by atoms with E-state index in [1.165, 1.54) is 23.7 Å². The third-order valence-corrected chi connectivity index (χ3v) is 5.43. The second kappa shape index (κ2) is 6.75. The van der Waals surface area contributed by atoms with Gasteiger partial charge >= 0.3 is 6.18 Å². The lowest BCUT2D eigenvalue weighted by Gasteiger charge is -2.14. The molecular formula is C19H18F3N3O2S. The molecule has 0 spiro atoms. The molecule has 148 valence electrons. The lowest BCUT2D eigenvalue weighted by molar-refractivity contribution is -0.141. The lowest BCUT2D eigenvalue weighted by atomic mass is 10.1. The number of nitrogens with zero attached hydrogens (tertiary/aromatic N) is 2. The van der Waals surface area contributed by atoms with Crippen LogP contribution in [0.3, 0.4) is 0 Å². The Morgan fingerprint density at radius 3 is 2.11 bits per heavy atom. The maximum Gasteiger partial charge on any atom is 0.435 e. The average Bonchev–Trinajstić information content (AvgIpc) is 3.01. The van der Waals surface area contributed by atoms with Crippen LogP contribution in [0.4, 0.5) is 13.2 Å². The maximum atomic E-state index is 13.3. The Morgan fingerprint density at radius 1 is 0.964 bits per heavy atom. The molecule has 0 amide bonds. The first-order chi connectivity index (χ1) is 12.9. The minimum absolute atomic E-state index is 0.0752. The van der Waals surface area contributed by atoms with E-state index in [4.69, 9.17) is 5.14 Å². The van der Waals surface area contributed by atoms with Crippen LogP contribution in [-0.4, -0.2) is 18.2 Å². The largest absolute Gasteiger partial charge is 0.435 e. The summed E-state index contributed by atoms with van der Waals surface area (Å²) >= 11 is 0. The van der Waals surface area contributed by atoms with Crippen molar-refractivity contribution in [1.29, 1.82) is 0 Å². The fourth-order valence-electron chi connectivity index (χ4n) is 2.94. The number of alkyl halides is 3. The van der Waals surface area contributed by atoms with E-state index in [1.807, 2.05) is 6.92 Å². The molecule has 0 fully saturated rings. The number of aromatic nitrogens is 2. The Morgan fingerprint density at radius 2 is 1.57 bits per heavy atom. The average molecular weight is 409 g/mol. The van der Waals surface area contributed by atoms with Crippen molar-refractivity contribution in [2.45, 2.75) is 31.8 Å². The molecule has 0 aliphatic heterocycles. The standard InChI is InChI=1S/C19H18F3N3O2S/c1-11-4-6-14(7-5-11)16-10-18(19(20,21)22)24-25(16)15-8-13(3)17(9-12(15)2)28(23,26)27/h4-10H,1-3H3,(H2,23,26,27). The van der Waals surface area contributed by atoms with E-state index in [1.54, 1.807) is 31.2 Å². The zero-order valence-electron chi connectivity index (χ0n) is 15.4. The van der Waals surface area contributed by atoms with E-state index in [2.05, 4.69) is 5.10 Å². The van der Waals surface area contributed by atoms with E-state index < -0.39 is 21.9 Å². The number of nitrogens with two attached hydrogens (primary N) is 1. The summed E-state index contributed by atoms with van der Waals surface area (Å²) in [6.45, 7) is 5.00. The summed E-state index contributed by atoms with van der Waals surface area (Å²) in [6, 6.07) is 10.8. The second-order valence-corrected chi connectivity index (χ2v) is 8.17. The molecule has 9 heteroatoms. The van der Waals surface area contributed by atoms with E-state index in [0.29, 0.717) is 22.4 Å². The van der Waals surface area contributed by atoms with Crippen molar-refractivity contribution in [2.24, 2.45) is 5.14 Å². The summed E-state index contributed by atoms with van der Waals surface area (Å²) in [5, 5.41) is 8.97. The Kier molecular flexibility index (Phi) is 4.84. The molecule has 2 aromatic carbocycles. The first-order valence-electron chi connectivity index (χ1n) is 8.26. The summed E-state index contributed by atoms with van der Waals surface area (Å²) in [5.74, 6) is 0. The van der Waals surface area contributed by atoms with Gasteiger partial charge < -0.3 is 0 Å². The molecule has 1 aromatic heterocycles. The molecule has 1 heterocycles. The van der Waals surface area contributed by atoms with Crippen LogP contribution < -0.4 is 5.14 Å². The van der Waals surface area contributed by atoms with Crippen LogP contribution >= 0.6 is 0 Å². The molecule has 0 radical (unpaired) electrons. The van der Waals surface area contributed by atoms with Crippen LogP contribution in [0.25, 0.3) is 16.9 Å². The number of benzene rings is 2. The van der Waals surface area contributed by atoms with Gasteiger partial charge in [0.1, 0.15) is 0 Å². The van der Waals surface area contributed by atoms with Gasteiger partial charge in [-0.05, 0) is 50.1 Å². The van der Waals surface area contributed by atoms with Crippen molar-refractivity contribution in [3.8, 4) is 16.9 Å². The van der Waals surface area contributed by atoms with E-state index >= 15 is 0 Å². The van der Waals surface area contributed by atoms with Crippen LogP contribution in [0, 0.1) is 20.8 Å². The molecule has 0 aliphatic rings. The number of hydrogen-bond acceptors (Lipinski definition) is 3. The summed E-state index contributed by atoms with van der Waals surface area (Å²) in [5.41, 5.74) is 1.84. The van der Waals surface area contributed by atoms with Crippen molar-refractivity contribution in [2.75, 3.05) is 0 Å². The Hall–Kier alpha value is -2.65. The van der Waals surface area contributed by atoms with Gasteiger partial charge in [-0.2, -0.15) is 18.3 Å². The summed E-state index contributed by atoms with van der Waals surface area (Å²) < 4.78 is 64.5. The molecule has 0 bridgehead atoms. The summed E-state index contributed by atoms with van der Waals surface area (Å²) in [6.07, 6.45) is -4.62. The molecule has 3 rings (SSSR count). The van der Waals surface area contributed by atoms with Crippen LogP contribution in [0.15, 0.2) is 47.4 Å². The molecule has 5 nitrogen and oxygen atoms in total. The van der Waals surface area contributed by atoms with Gasteiger partial charge in [0.15, 0.2) is 5.69 Å². The fourth-order valence-corrected chi connectivity index (χ4v) is 3.79. The maximum absolute atomic E-state index is 13.3. The number of hydrogen-bond donors (Lipinski definition) is 1. The predicted molar refractivity (Wildman–Crippen MR) is 99.6 cm³/mol. The van der Waals surface area contributed by atoms with Crippen LogP contribution in [-0.2, 0) is 16.2 Å². The van der Waals surface area contributed by atoms with E-state index in [9.17, 15) is 21.6 Å². The molecule has 0 unspecified atom stereocenters. The highest BCUT2D eigenvalue weighted by Gasteiger charge is 2.35. The normalized spacial score (nSPS) is 12.4. The summed E-state index contributed by atoms with van der Waals surface area (Å²) in [4.78, 5) is -0.0752. The van der Waals surface area contributed by atoms with Gasteiger partial charge in [0.25, 0.3) is 0 Å². The van der Waals surface area contributed by atoms with Gasteiger partial charge in [-0.25, -0.2) is 18.2 Å². The molecule has 28 heavy (non-hydrogen) atoms. The molecule has 3 aromatic rings. The molecule has 0 aliphatic carbocycles. The zero-order valence-corrected chi connectivity index (χ0v) is 16.2. The highest BCUT2D eigenvalue weighted by atomic mass is 32.2. The Labute approximate surface area is 160 Å². The van der Waals surface area contributed by atoms with Crippen molar-refractivity contribution < 1.29 is 21.6 Å². The lowest BCUT2D eigenvalue weighted by Crippen LogP contribution is -2.15. The second-order valence-electron chi connectivity index (χ2n) is 6.64. The van der Waals surface area contributed by atoms with Crippen LogP contribution in [0.5, 0.6) is 0 Å². The quantitative estimate of drug-likeness (QED) is 0.707. The van der Waals surface area contributed by atoms with Crippen LogP contribution in [0.1, 0.15) is 22.4 Å². The fraction of sp³-hybridized carbons (Fsp3) is 0.211. The van der Waals surface area contributed by atoms with E-state index in [0.717, 1.165) is 11.6 Å². The van der Waals surface area contributed by atoms with Crippen LogP contribution in [0.2, 0.25) is 0 Å². The summed E-state index contributed by atoms with van der Waals surface area (Å²) in [7, 11) is -3.95. The highest BCUT2D eigenvalue weighted by Crippen LogP contribution is 2.34. The van der Waals surface area contributed by atoms with Crippen molar-refractivity contribution in [1.82, 2.24) is 9.78 Å². The Bertz CT molecular complexity index is 1150. The van der Waals surface area contributed by atoms with Crippen molar-refractivity contribution in [3.63, 3.8) is 0 Å². The molecular weight excluding hydrogens is 391 g/mol. The number of rotatable bonds is 3.